The number of hydrogen-bond donors (Lipinski definition) is 0. The average Bonchev–Trinajstić information content (AvgIpc) is 1.81. The molecule has 0 radical (unpaired) electrons. The van der Waals surface area contributed by atoms with Gasteiger partial charge in [-0.2, -0.15) is 0 Å². The van der Waals surface area contributed by atoms with Crippen LogP contribution in [0.3, 0.4) is 0 Å². The van der Waals surface area contributed by atoms with Crippen LogP contribution in [-0.4, -0.2) is 38.2 Å². The molecule has 0 aliphatic rings. The van der Waals surface area contributed by atoms with Gasteiger partial charge in [-0.25, -0.2) is 0 Å². The van der Waals surface area contributed by atoms with Gasteiger partial charge in [-0.05, 0) is 0 Å². The van der Waals surface area contributed by atoms with Crippen LogP contribution in [0.15, 0.2) is 0 Å². The topological polar surface area (TPSA) is 43.4 Å². The molecule has 8 heteroatoms. The van der Waals surface area contributed by atoms with Crippen molar-refractivity contribution in [1.82, 2.24) is 0 Å². The van der Waals surface area contributed by atoms with Gasteiger partial charge < -0.3 is 0 Å². The number of halogens is 3. The van der Waals surface area contributed by atoms with Gasteiger partial charge in [0.25, 0.3) is 0 Å². The molecular weight excluding hydrogens is 180 g/mol. The third-order valence-electron chi connectivity index (χ3n) is 0.726. The van der Waals surface area contributed by atoms with E-state index < -0.39 is 22.2 Å². The normalized spacial score (nSPS) is 13.5. The fraction of sp³-hybridized carbons (Fsp3) is 1.00. The molecule has 0 aromatic carbocycles. The summed E-state index contributed by atoms with van der Waals surface area (Å²) >= 11 is 1.51. The van der Waals surface area contributed by atoms with E-state index in [1.54, 1.807) is 0 Å². The maximum absolute atomic E-state index is 11.4. The van der Waals surface area contributed by atoms with Gasteiger partial charge in [-0.1, -0.05) is 0 Å². The molecule has 0 unspecified atom stereocenters. The maximum atomic E-state index is 11.4. The van der Waals surface area contributed by atoms with Crippen molar-refractivity contribution in [3.8, 4) is 0 Å². The van der Waals surface area contributed by atoms with Crippen LogP contribution >= 0.6 is 0 Å². The summed E-state index contributed by atoms with van der Waals surface area (Å²) in [6.07, 6.45) is 0. The third-order valence-corrected chi connectivity index (χ3v) is 1.77. The molecule has 11 heavy (non-hydrogen) atoms. The fourth-order valence-electron chi connectivity index (χ4n) is 0.260. The Morgan fingerprint density at radius 1 is 1.36 bits per heavy atom. The molecule has 0 spiro atoms. The molecule has 3 nitrogen and oxygen atoms in total. The van der Waals surface area contributed by atoms with Crippen molar-refractivity contribution in [2.24, 2.45) is 0 Å². The van der Waals surface area contributed by atoms with E-state index in [-0.39, 0.29) is 5.09 Å². The summed E-state index contributed by atoms with van der Waals surface area (Å²) < 4.78 is 58.0. The average molecular weight is 184 g/mol. The zero-order valence-corrected chi connectivity index (χ0v) is 6.50. The SMILES string of the molecule is [Li][CH2]COS(=O)(=O)C(F)(F)F. The first-order valence-electron chi connectivity index (χ1n) is 2.77. The summed E-state index contributed by atoms with van der Waals surface area (Å²) in [5, 5.41) is 0.218. The van der Waals surface area contributed by atoms with Gasteiger partial charge in [0, 0.05) is 0 Å². The van der Waals surface area contributed by atoms with Crippen molar-refractivity contribution in [3.05, 3.63) is 0 Å². The van der Waals surface area contributed by atoms with Gasteiger partial charge in [0.2, 0.25) is 0 Å². The molecular formula is C3H4F3LiO3S. The van der Waals surface area contributed by atoms with E-state index in [0.29, 0.717) is 0 Å². The van der Waals surface area contributed by atoms with Crippen molar-refractivity contribution in [2.75, 3.05) is 6.61 Å². The minimum atomic E-state index is -5.36. The summed E-state index contributed by atoms with van der Waals surface area (Å²) in [5.74, 6) is 0. The molecule has 0 amide bonds. The molecule has 0 rings (SSSR count). The molecule has 0 aliphatic carbocycles. The quantitative estimate of drug-likeness (QED) is 0.363. The first-order valence-corrected chi connectivity index (χ1v) is 4.18. The fourth-order valence-corrected chi connectivity index (χ4v) is 0.780. The summed E-state index contributed by atoms with van der Waals surface area (Å²) in [5.41, 5.74) is -5.30. The standard InChI is InChI=1S/C3H4F3O3S.Li/c1-2-9-10(7,8)3(4,5)6;/h1-2H2;. The van der Waals surface area contributed by atoms with Crippen LogP contribution in [0.5, 0.6) is 0 Å². The Bertz CT molecular complexity index is 208. The summed E-state index contributed by atoms with van der Waals surface area (Å²) in [6, 6.07) is 0. The Hall–Kier alpha value is 0.297. The van der Waals surface area contributed by atoms with Crippen LogP contribution in [0.2, 0.25) is 5.09 Å². The van der Waals surface area contributed by atoms with E-state index in [1.807, 2.05) is 0 Å². The summed E-state index contributed by atoms with van der Waals surface area (Å²) in [4.78, 5) is 0. The van der Waals surface area contributed by atoms with E-state index >= 15 is 0 Å². The molecule has 0 atom stereocenters. The van der Waals surface area contributed by atoms with Crippen molar-refractivity contribution < 1.29 is 25.8 Å². The van der Waals surface area contributed by atoms with E-state index in [9.17, 15) is 21.6 Å². The molecule has 62 valence electrons. The summed E-state index contributed by atoms with van der Waals surface area (Å²) in [6.45, 7) is -0.443. The zero-order valence-electron chi connectivity index (χ0n) is 5.68. The molecule has 0 bridgehead atoms. The monoisotopic (exact) mass is 184 g/mol. The molecule has 0 saturated carbocycles. The Morgan fingerprint density at radius 2 is 1.82 bits per heavy atom. The van der Waals surface area contributed by atoms with Crippen LogP contribution in [0.25, 0.3) is 0 Å². The Morgan fingerprint density at radius 3 is 2.09 bits per heavy atom. The minimum absolute atomic E-state index is 0.218. The number of alkyl halides is 3. The first kappa shape index (κ1) is 11.3. The molecule has 0 aliphatic heterocycles. The molecule has 0 saturated heterocycles. The van der Waals surface area contributed by atoms with E-state index in [2.05, 4.69) is 4.18 Å². The Balaban J connectivity index is 4.26. The molecule has 0 aromatic heterocycles. The van der Waals surface area contributed by atoms with Gasteiger partial charge in [0.15, 0.2) is 0 Å². The van der Waals surface area contributed by atoms with E-state index in [1.165, 1.54) is 17.7 Å². The van der Waals surface area contributed by atoms with E-state index in [4.69, 9.17) is 0 Å². The Labute approximate surface area is 71.2 Å². The third kappa shape index (κ3) is 3.47. The first-order chi connectivity index (χ1) is 4.81. The van der Waals surface area contributed by atoms with Gasteiger partial charge in [0.05, 0.1) is 0 Å². The molecule has 0 heterocycles. The zero-order chi connectivity index (χ0) is 9.12. The second-order valence-electron chi connectivity index (χ2n) is 1.72. The number of rotatable bonds is 3. The van der Waals surface area contributed by atoms with Crippen LogP contribution in [-0.2, 0) is 14.3 Å². The van der Waals surface area contributed by atoms with Crippen LogP contribution in [0, 0.1) is 0 Å². The van der Waals surface area contributed by atoms with Crippen LogP contribution < -0.4 is 0 Å². The van der Waals surface area contributed by atoms with Crippen molar-refractivity contribution in [3.63, 3.8) is 0 Å². The predicted molar refractivity (Wildman–Crippen MR) is 31.5 cm³/mol. The molecule has 0 fully saturated rings. The van der Waals surface area contributed by atoms with Crippen molar-refractivity contribution >= 4 is 27.8 Å². The van der Waals surface area contributed by atoms with Gasteiger partial charge in [0.1, 0.15) is 0 Å². The second kappa shape index (κ2) is 3.80. The number of hydrogen-bond acceptors (Lipinski definition) is 3. The van der Waals surface area contributed by atoms with Gasteiger partial charge in [-0.15, -0.1) is 0 Å². The second-order valence-corrected chi connectivity index (χ2v) is 3.33. The Kier molecular flexibility index (Phi) is 3.91. The summed E-state index contributed by atoms with van der Waals surface area (Å²) in [7, 11) is -5.36. The van der Waals surface area contributed by atoms with Gasteiger partial charge >= 0.3 is 70.8 Å². The predicted octanol–water partition coefficient (Wildman–Crippen LogP) is 0.439. The van der Waals surface area contributed by atoms with Crippen LogP contribution in [0.1, 0.15) is 0 Å². The molecule has 0 aromatic rings. The molecule has 0 N–H and O–H groups in total. The van der Waals surface area contributed by atoms with Gasteiger partial charge in [-0.3, -0.25) is 0 Å². The van der Waals surface area contributed by atoms with Crippen molar-refractivity contribution in [1.29, 1.82) is 0 Å². The van der Waals surface area contributed by atoms with E-state index in [0.717, 1.165) is 0 Å². The van der Waals surface area contributed by atoms with Crippen molar-refractivity contribution in [2.45, 2.75) is 10.6 Å². The van der Waals surface area contributed by atoms with Crippen LogP contribution in [0.4, 0.5) is 13.2 Å².